The van der Waals surface area contributed by atoms with Crippen LogP contribution in [0, 0.1) is 23.0 Å². The summed E-state index contributed by atoms with van der Waals surface area (Å²) in [5.74, 6) is -2.67. The molecule has 12 heteroatoms. The minimum absolute atomic E-state index is 0.00829. The molecule has 3 aromatic carbocycles. The van der Waals surface area contributed by atoms with Crippen molar-refractivity contribution in [2.24, 2.45) is 0 Å². The maximum absolute atomic E-state index is 14.2. The number of nitrogens with zero attached hydrogens (tertiary/aromatic N) is 6. The number of carbonyl (C=O) groups excluding carboxylic acids is 2. The van der Waals surface area contributed by atoms with Gasteiger partial charge in [-0.1, -0.05) is 23.7 Å². The van der Waals surface area contributed by atoms with Crippen LogP contribution < -0.4 is 9.80 Å². The minimum atomic E-state index is -1.10. The Morgan fingerprint density at radius 2 is 1.67 bits per heavy atom. The topological polar surface area (TPSA) is 85.5 Å². The minimum Gasteiger partial charge on any atom is -0.368 e. The number of piperazine rings is 1. The van der Waals surface area contributed by atoms with Crippen LogP contribution in [0.15, 0.2) is 91.4 Å². The van der Waals surface area contributed by atoms with Gasteiger partial charge in [-0.15, -0.1) is 11.3 Å². The fourth-order valence-corrected chi connectivity index (χ4v) is 6.34. The van der Waals surface area contributed by atoms with Gasteiger partial charge in [0.25, 0.3) is 11.8 Å². The second-order valence-corrected chi connectivity index (χ2v) is 12.5. The molecule has 0 unspecified atom stereocenters. The summed E-state index contributed by atoms with van der Waals surface area (Å²) in [6.07, 6.45) is 3.32. The van der Waals surface area contributed by atoms with E-state index in [1.807, 2.05) is 45.9 Å². The normalized spacial score (nSPS) is 13.0. The van der Waals surface area contributed by atoms with Crippen molar-refractivity contribution in [2.75, 3.05) is 36.0 Å². The predicted octanol–water partition coefficient (Wildman–Crippen LogP) is 6.61. The third-order valence-electron chi connectivity index (χ3n) is 7.84. The van der Waals surface area contributed by atoms with Crippen molar-refractivity contribution < 1.29 is 18.4 Å². The van der Waals surface area contributed by atoms with Gasteiger partial charge in [-0.2, -0.15) is 5.26 Å². The number of imidazole rings is 1. The lowest BCUT2D eigenvalue weighted by Gasteiger charge is -2.36. The molecule has 46 heavy (non-hydrogen) atoms. The lowest BCUT2D eigenvalue weighted by molar-refractivity contribution is 0.0751. The first-order chi connectivity index (χ1) is 22.3. The van der Waals surface area contributed by atoms with Crippen molar-refractivity contribution in [2.45, 2.75) is 13.1 Å². The lowest BCUT2D eigenvalue weighted by Crippen LogP contribution is -2.48. The molecule has 2 amide bonds. The number of carbonyl (C=O) groups is 2. The van der Waals surface area contributed by atoms with Gasteiger partial charge in [-0.05, 0) is 72.3 Å². The average Bonchev–Trinajstić information content (AvgIpc) is 3.73. The second kappa shape index (κ2) is 13.5. The zero-order valence-corrected chi connectivity index (χ0v) is 26.0. The van der Waals surface area contributed by atoms with Gasteiger partial charge in [0, 0.05) is 55.9 Å². The highest BCUT2D eigenvalue weighted by atomic mass is 35.5. The number of aromatic nitrogens is 2. The molecule has 1 aliphatic heterocycles. The highest BCUT2D eigenvalue weighted by Gasteiger charge is 2.25. The van der Waals surface area contributed by atoms with E-state index in [1.54, 1.807) is 36.8 Å². The molecule has 0 radical (unpaired) electrons. The van der Waals surface area contributed by atoms with Gasteiger partial charge in [0.2, 0.25) is 0 Å². The average molecular weight is 657 g/mol. The van der Waals surface area contributed by atoms with Crippen LogP contribution >= 0.6 is 22.9 Å². The predicted molar refractivity (Wildman–Crippen MR) is 173 cm³/mol. The van der Waals surface area contributed by atoms with Crippen LogP contribution in [0.5, 0.6) is 0 Å². The Kier molecular flexibility index (Phi) is 9.10. The van der Waals surface area contributed by atoms with Gasteiger partial charge in [0.05, 0.1) is 39.4 Å². The highest BCUT2D eigenvalue weighted by molar-refractivity contribution is 7.17. The third-order valence-corrected chi connectivity index (χ3v) is 9.06. The van der Waals surface area contributed by atoms with Crippen LogP contribution in [0.4, 0.5) is 20.2 Å². The summed E-state index contributed by atoms with van der Waals surface area (Å²) in [6.45, 7) is 2.95. The number of anilines is 2. The molecule has 5 aromatic rings. The van der Waals surface area contributed by atoms with Crippen molar-refractivity contribution >= 4 is 46.1 Å². The zero-order valence-electron chi connectivity index (χ0n) is 24.4. The van der Waals surface area contributed by atoms with E-state index in [4.69, 9.17) is 16.9 Å². The standard InChI is InChI=1S/C34H27ClF2N6O2S/c35-32-12-11-31(46-32)34(45)41-15-13-40(14-16-41)26-6-8-27(9-7-26)43(33(44)25-5-10-29(36)30(37)17-25)21-28-19-39-22-42(28)20-24-3-1-23(18-38)2-4-24/h1-12,17,19,22H,13-16,20-21H2. The van der Waals surface area contributed by atoms with E-state index < -0.39 is 17.5 Å². The lowest BCUT2D eigenvalue weighted by atomic mass is 10.1. The summed E-state index contributed by atoms with van der Waals surface area (Å²) in [7, 11) is 0. The van der Waals surface area contributed by atoms with Crippen molar-refractivity contribution in [3.63, 3.8) is 0 Å². The molecule has 0 atom stereocenters. The zero-order chi connectivity index (χ0) is 32.2. The maximum atomic E-state index is 14.2. The SMILES string of the molecule is N#Cc1ccc(Cn2cncc2CN(C(=O)c2ccc(F)c(F)c2)c2ccc(N3CCN(C(=O)c4ccc(Cl)s4)CC3)cc2)cc1. The molecular formula is C34H27ClF2N6O2S. The van der Waals surface area contributed by atoms with Crippen molar-refractivity contribution in [1.82, 2.24) is 14.5 Å². The molecule has 0 aliphatic carbocycles. The fourth-order valence-electron chi connectivity index (χ4n) is 5.33. The molecular weight excluding hydrogens is 630 g/mol. The van der Waals surface area contributed by atoms with Gasteiger partial charge < -0.3 is 19.3 Å². The van der Waals surface area contributed by atoms with Crippen molar-refractivity contribution in [3.05, 3.63) is 135 Å². The summed E-state index contributed by atoms with van der Waals surface area (Å²) < 4.78 is 30.4. The molecule has 3 heterocycles. The molecule has 0 saturated carbocycles. The monoisotopic (exact) mass is 656 g/mol. The molecule has 232 valence electrons. The van der Waals surface area contributed by atoms with E-state index in [0.717, 1.165) is 29.1 Å². The first kappa shape index (κ1) is 31.0. The van der Waals surface area contributed by atoms with Crippen molar-refractivity contribution in [1.29, 1.82) is 5.26 Å². The van der Waals surface area contributed by atoms with Crippen LogP contribution in [-0.4, -0.2) is 52.4 Å². The number of rotatable bonds is 8. The number of nitriles is 1. The molecule has 1 fully saturated rings. The number of benzene rings is 3. The van der Waals surface area contributed by atoms with Crippen LogP contribution in [0.2, 0.25) is 4.34 Å². The van der Waals surface area contributed by atoms with E-state index in [2.05, 4.69) is 16.0 Å². The molecule has 0 N–H and O–H groups in total. The first-order valence-corrected chi connectivity index (χ1v) is 15.6. The molecule has 6 rings (SSSR count). The Balaban J connectivity index is 1.21. The summed E-state index contributed by atoms with van der Waals surface area (Å²) in [4.78, 5) is 37.0. The Labute approximate surface area is 273 Å². The summed E-state index contributed by atoms with van der Waals surface area (Å²) in [5, 5.41) is 9.11. The summed E-state index contributed by atoms with van der Waals surface area (Å²) >= 11 is 7.28. The molecule has 0 spiro atoms. The number of halogens is 3. The first-order valence-electron chi connectivity index (χ1n) is 14.4. The van der Waals surface area contributed by atoms with Gasteiger partial charge >= 0.3 is 0 Å². The largest absolute Gasteiger partial charge is 0.368 e. The number of hydrogen-bond acceptors (Lipinski definition) is 6. The van der Waals surface area contributed by atoms with Gasteiger partial charge in [0.1, 0.15) is 0 Å². The summed E-state index contributed by atoms with van der Waals surface area (Å²) in [6, 6.07) is 23.3. The molecule has 8 nitrogen and oxygen atoms in total. The molecule has 2 aromatic heterocycles. The van der Waals surface area contributed by atoms with E-state index in [9.17, 15) is 18.4 Å². The summed E-state index contributed by atoms with van der Waals surface area (Å²) in [5.41, 5.74) is 3.72. The molecule has 1 aliphatic rings. The van der Waals surface area contributed by atoms with E-state index in [1.165, 1.54) is 22.3 Å². The Bertz CT molecular complexity index is 1910. The van der Waals surface area contributed by atoms with Crippen LogP contribution in [0.3, 0.4) is 0 Å². The van der Waals surface area contributed by atoms with Crippen LogP contribution in [0.25, 0.3) is 0 Å². The Hall–Kier alpha value is -5.05. The molecule has 0 bridgehead atoms. The van der Waals surface area contributed by atoms with Crippen molar-refractivity contribution in [3.8, 4) is 6.07 Å². The molecule has 1 saturated heterocycles. The van der Waals surface area contributed by atoms with Gasteiger partial charge in [-0.25, -0.2) is 13.8 Å². The van der Waals surface area contributed by atoms with Gasteiger partial charge in [0.15, 0.2) is 11.6 Å². The Morgan fingerprint density at radius 3 is 2.33 bits per heavy atom. The van der Waals surface area contributed by atoms with E-state index in [-0.39, 0.29) is 18.0 Å². The van der Waals surface area contributed by atoms with E-state index >= 15 is 0 Å². The van der Waals surface area contributed by atoms with Crippen LogP contribution in [0.1, 0.15) is 36.9 Å². The third kappa shape index (κ3) is 6.78. The van der Waals surface area contributed by atoms with Gasteiger partial charge in [-0.3, -0.25) is 9.59 Å². The maximum Gasteiger partial charge on any atom is 0.264 e. The number of thiophene rings is 1. The quantitative estimate of drug-likeness (QED) is 0.188. The fraction of sp³-hybridized carbons (Fsp3) is 0.176. The van der Waals surface area contributed by atoms with E-state index in [0.29, 0.717) is 53.2 Å². The Morgan fingerprint density at radius 1 is 0.935 bits per heavy atom. The smallest absolute Gasteiger partial charge is 0.264 e. The van der Waals surface area contributed by atoms with Crippen LogP contribution in [-0.2, 0) is 13.1 Å². The second-order valence-electron chi connectivity index (χ2n) is 10.7. The number of amides is 2. The highest BCUT2D eigenvalue weighted by Crippen LogP contribution is 2.27. The number of hydrogen-bond donors (Lipinski definition) is 0.